The van der Waals surface area contributed by atoms with Crippen LogP contribution in [0.15, 0.2) is 66.7 Å². The molecule has 0 saturated carbocycles. The summed E-state index contributed by atoms with van der Waals surface area (Å²) in [7, 11) is 4.82. The van der Waals surface area contributed by atoms with E-state index in [0.29, 0.717) is 87.3 Å². The first-order valence-electron chi connectivity index (χ1n) is 15.1. The first-order chi connectivity index (χ1) is 23.0. The van der Waals surface area contributed by atoms with E-state index in [2.05, 4.69) is 36.2 Å². The van der Waals surface area contributed by atoms with Crippen molar-refractivity contribution in [3.63, 3.8) is 0 Å². The van der Waals surface area contributed by atoms with Crippen molar-refractivity contribution in [1.29, 1.82) is 0 Å². The Morgan fingerprint density at radius 3 is 2.15 bits per heavy atom. The number of para-hydroxylation sites is 1. The second kappa shape index (κ2) is 18.7. The number of nitrogens with zero attached hydrogens (tertiary/aromatic N) is 3. The zero-order valence-corrected chi connectivity index (χ0v) is 26.9. The molecule has 4 rings (SSSR count). The van der Waals surface area contributed by atoms with Crippen molar-refractivity contribution in [1.82, 2.24) is 20.3 Å². The molecule has 0 fully saturated rings. The molecule has 1 aromatic heterocycles. The van der Waals surface area contributed by atoms with Crippen LogP contribution in [0, 0.1) is 0 Å². The molecule has 47 heavy (non-hydrogen) atoms. The predicted octanol–water partition coefficient (Wildman–Crippen LogP) is 3.59. The zero-order valence-electron chi connectivity index (χ0n) is 26.9. The third-order valence-electron chi connectivity index (χ3n) is 6.71. The maximum Gasteiger partial charge on any atom is 0.251 e. The van der Waals surface area contributed by atoms with E-state index in [0.717, 1.165) is 16.9 Å². The molecule has 6 N–H and O–H groups in total. The number of methoxy groups -OCH3 is 3. The van der Waals surface area contributed by atoms with E-state index >= 15 is 0 Å². The van der Waals surface area contributed by atoms with Gasteiger partial charge in [-0.05, 0) is 42.0 Å². The third-order valence-corrected chi connectivity index (χ3v) is 6.71. The van der Waals surface area contributed by atoms with E-state index in [-0.39, 0.29) is 11.9 Å². The van der Waals surface area contributed by atoms with Gasteiger partial charge in [-0.1, -0.05) is 30.3 Å². The molecule has 0 aliphatic heterocycles. The smallest absolute Gasteiger partial charge is 0.251 e. The Kier molecular flexibility index (Phi) is 13.8. The molecule has 14 nitrogen and oxygen atoms in total. The number of carbonyl (C=O) groups excluding carboxylic acids is 1. The van der Waals surface area contributed by atoms with E-state index < -0.39 is 0 Å². The molecule has 3 aromatic carbocycles. The van der Waals surface area contributed by atoms with E-state index in [1.807, 2.05) is 48.5 Å². The summed E-state index contributed by atoms with van der Waals surface area (Å²) in [6.07, 6.45) is 0. The Morgan fingerprint density at radius 1 is 0.745 bits per heavy atom. The summed E-state index contributed by atoms with van der Waals surface area (Å²) in [6, 6.07) is 20.4. The highest BCUT2D eigenvalue weighted by Gasteiger charge is 2.13. The third kappa shape index (κ3) is 11.0. The topological polar surface area (TPSA) is 176 Å². The lowest BCUT2D eigenvalue weighted by Crippen LogP contribution is -2.27. The lowest BCUT2D eigenvalue weighted by Gasteiger charge is -2.14. The van der Waals surface area contributed by atoms with E-state index in [4.69, 9.17) is 29.4 Å². The summed E-state index contributed by atoms with van der Waals surface area (Å²) < 4.78 is 27.0. The highest BCUT2D eigenvalue weighted by molar-refractivity contribution is 5.95. The van der Waals surface area contributed by atoms with Crippen LogP contribution in [0.3, 0.4) is 0 Å². The number of aromatic nitrogens is 3. The van der Waals surface area contributed by atoms with Gasteiger partial charge in [0.25, 0.3) is 5.91 Å². The lowest BCUT2D eigenvalue weighted by molar-refractivity contribution is 0.0511. The van der Waals surface area contributed by atoms with Gasteiger partial charge in [0, 0.05) is 43.0 Å². The second-order valence-electron chi connectivity index (χ2n) is 9.99. The fraction of sp³-hybridized carbons (Fsp3) is 0.333. The molecule has 0 atom stereocenters. The monoisotopic (exact) mass is 646 g/mol. The van der Waals surface area contributed by atoms with Crippen LogP contribution in [-0.2, 0) is 22.6 Å². The molecule has 0 unspecified atom stereocenters. The molecule has 0 aliphatic carbocycles. The van der Waals surface area contributed by atoms with Crippen LogP contribution >= 0.6 is 0 Å². The maximum absolute atomic E-state index is 12.8. The molecule has 1 heterocycles. The number of nitrogens with one attached hydrogen (secondary N) is 4. The van der Waals surface area contributed by atoms with Crippen LogP contribution in [0.25, 0.3) is 0 Å². The van der Waals surface area contributed by atoms with Crippen LogP contribution in [0.1, 0.15) is 21.5 Å². The van der Waals surface area contributed by atoms with Gasteiger partial charge in [0.15, 0.2) is 11.5 Å². The number of benzene rings is 3. The standard InChI is InChI=1S/C33H42N8O6/c1-43-27-12-10-23(11-13-27)21-36-31-39-32(37-22-25-7-5-9-28(44-2)29(25)45-3)41-33(40-31)38-26-8-4-6-24(20-26)30(42)35-15-17-47-19-18-46-16-14-34/h4-13,20H,14-19,21-22,34H2,1-3H3,(H,35,42)(H3,36,37,38,39,40,41). The molecular weight excluding hydrogens is 604 g/mol. The van der Waals surface area contributed by atoms with Gasteiger partial charge in [0.2, 0.25) is 17.8 Å². The van der Waals surface area contributed by atoms with Crippen molar-refractivity contribution in [2.45, 2.75) is 13.1 Å². The quantitative estimate of drug-likeness (QED) is 0.0882. The highest BCUT2D eigenvalue weighted by atomic mass is 16.5. The van der Waals surface area contributed by atoms with Gasteiger partial charge >= 0.3 is 0 Å². The predicted molar refractivity (Wildman–Crippen MR) is 180 cm³/mol. The normalized spacial score (nSPS) is 10.6. The van der Waals surface area contributed by atoms with E-state index in [1.165, 1.54) is 0 Å². The summed E-state index contributed by atoms with van der Waals surface area (Å²) in [5, 5.41) is 12.6. The Hall–Kier alpha value is -5.18. The number of hydrogen-bond acceptors (Lipinski definition) is 13. The molecule has 0 bridgehead atoms. The summed E-state index contributed by atoms with van der Waals surface area (Å²) in [6.45, 7) is 3.41. The van der Waals surface area contributed by atoms with Crippen LogP contribution < -0.4 is 41.2 Å². The largest absolute Gasteiger partial charge is 0.497 e. The number of nitrogens with two attached hydrogens (primary N) is 1. The van der Waals surface area contributed by atoms with Gasteiger partial charge in [0.05, 0.1) is 47.8 Å². The van der Waals surface area contributed by atoms with Gasteiger partial charge < -0.3 is 50.7 Å². The van der Waals surface area contributed by atoms with Crippen LogP contribution in [-0.4, -0.2) is 81.7 Å². The van der Waals surface area contributed by atoms with Gasteiger partial charge in [-0.2, -0.15) is 15.0 Å². The summed E-state index contributed by atoms with van der Waals surface area (Å²) in [4.78, 5) is 26.5. The molecule has 0 spiro atoms. The number of anilines is 4. The lowest BCUT2D eigenvalue weighted by atomic mass is 10.2. The van der Waals surface area contributed by atoms with E-state index in [9.17, 15) is 4.79 Å². The minimum atomic E-state index is -0.233. The van der Waals surface area contributed by atoms with Crippen LogP contribution in [0.4, 0.5) is 23.5 Å². The minimum Gasteiger partial charge on any atom is -0.497 e. The Bertz CT molecular complexity index is 1560. The van der Waals surface area contributed by atoms with Gasteiger partial charge in [-0.3, -0.25) is 4.79 Å². The number of ether oxygens (including phenoxy) is 5. The number of hydrogen-bond donors (Lipinski definition) is 5. The zero-order chi connectivity index (χ0) is 33.3. The number of carbonyl (C=O) groups is 1. The van der Waals surface area contributed by atoms with Gasteiger partial charge in [-0.15, -0.1) is 0 Å². The fourth-order valence-corrected chi connectivity index (χ4v) is 4.39. The molecule has 0 saturated heterocycles. The summed E-state index contributed by atoms with van der Waals surface area (Å²) >= 11 is 0. The van der Waals surface area contributed by atoms with Crippen LogP contribution in [0.2, 0.25) is 0 Å². The SMILES string of the molecule is COc1ccc(CNc2nc(NCc3cccc(OC)c3OC)nc(Nc3cccc(C(=O)NCCOCCOCCN)c3)n2)cc1. The molecule has 4 aromatic rings. The van der Waals surface area contributed by atoms with Crippen molar-refractivity contribution in [2.24, 2.45) is 5.73 Å². The molecular formula is C33H42N8O6. The minimum absolute atomic E-state index is 0.233. The number of rotatable bonds is 20. The second-order valence-corrected chi connectivity index (χ2v) is 9.99. The first-order valence-corrected chi connectivity index (χ1v) is 15.1. The Morgan fingerprint density at radius 2 is 1.45 bits per heavy atom. The highest BCUT2D eigenvalue weighted by Crippen LogP contribution is 2.31. The van der Waals surface area contributed by atoms with Crippen LogP contribution in [0.5, 0.6) is 17.2 Å². The molecule has 0 radical (unpaired) electrons. The average Bonchev–Trinajstić information content (AvgIpc) is 3.10. The van der Waals surface area contributed by atoms with E-state index in [1.54, 1.807) is 39.5 Å². The Balaban J connectivity index is 1.45. The van der Waals surface area contributed by atoms with Crippen molar-refractivity contribution in [3.05, 3.63) is 83.4 Å². The Labute approximate surface area is 274 Å². The van der Waals surface area contributed by atoms with Crippen molar-refractivity contribution in [2.75, 3.05) is 76.8 Å². The summed E-state index contributed by atoms with van der Waals surface area (Å²) in [5.74, 6) is 2.73. The molecule has 250 valence electrons. The molecule has 14 heteroatoms. The first kappa shape index (κ1) is 34.7. The van der Waals surface area contributed by atoms with Crippen molar-refractivity contribution in [3.8, 4) is 17.2 Å². The van der Waals surface area contributed by atoms with Gasteiger partial charge in [0.1, 0.15) is 5.75 Å². The molecule has 1 amide bonds. The number of amides is 1. The maximum atomic E-state index is 12.8. The van der Waals surface area contributed by atoms with Gasteiger partial charge in [-0.25, -0.2) is 0 Å². The fourth-order valence-electron chi connectivity index (χ4n) is 4.39. The molecule has 0 aliphatic rings. The van der Waals surface area contributed by atoms with Crippen molar-refractivity contribution < 1.29 is 28.5 Å². The van der Waals surface area contributed by atoms with Crippen molar-refractivity contribution >= 4 is 29.4 Å². The summed E-state index contributed by atoms with van der Waals surface area (Å²) in [5.41, 5.74) is 8.36. The average molecular weight is 647 g/mol.